The van der Waals surface area contributed by atoms with Crippen molar-refractivity contribution in [3.63, 3.8) is 0 Å². The summed E-state index contributed by atoms with van der Waals surface area (Å²) in [7, 11) is 1.64. The summed E-state index contributed by atoms with van der Waals surface area (Å²) in [6, 6.07) is 13.4. The van der Waals surface area contributed by atoms with E-state index < -0.39 is 0 Å². The van der Waals surface area contributed by atoms with E-state index >= 15 is 0 Å². The Morgan fingerprint density at radius 3 is 2.72 bits per heavy atom. The van der Waals surface area contributed by atoms with Crippen LogP contribution in [0.1, 0.15) is 35.3 Å². The lowest BCUT2D eigenvalue weighted by molar-refractivity contribution is -0.116. The quantitative estimate of drug-likeness (QED) is 0.387. The first-order valence-electron chi connectivity index (χ1n) is 10.3. The van der Waals surface area contributed by atoms with E-state index in [0.29, 0.717) is 23.8 Å². The molecule has 32 heavy (non-hydrogen) atoms. The van der Waals surface area contributed by atoms with Crippen molar-refractivity contribution >= 4 is 45.6 Å². The summed E-state index contributed by atoms with van der Waals surface area (Å²) in [5.41, 5.74) is 3.73. The van der Waals surface area contributed by atoms with E-state index in [-0.39, 0.29) is 16.9 Å². The van der Waals surface area contributed by atoms with E-state index in [1.165, 1.54) is 23.1 Å². The number of thioether (sulfide) groups is 1. The van der Waals surface area contributed by atoms with Crippen molar-refractivity contribution in [1.29, 1.82) is 0 Å². The Hall–Kier alpha value is -2.91. The van der Waals surface area contributed by atoms with Crippen LogP contribution in [0, 0.1) is 0 Å². The van der Waals surface area contributed by atoms with Crippen molar-refractivity contribution in [3.8, 4) is 5.75 Å². The largest absolute Gasteiger partial charge is 0.497 e. The van der Waals surface area contributed by atoms with Gasteiger partial charge in [0.25, 0.3) is 0 Å². The predicted molar refractivity (Wildman–Crippen MR) is 128 cm³/mol. The van der Waals surface area contributed by atoms with Crippen molar-refractivity contribution < 1.29 is 14.3 Å². The highest BCUT2D eigenvalue weighted by molar-refractivity contribution is 8.02. The van der Waals surface area contributed by atoms with Crippen molar-refractivity contribution in [3.05, 3.63) is 59.2 Å². The standard InChI is InChI=1S/C23H24N4O3S2/c1-14(21(29)18-6-9-20-17(12-18)10-11-27(20)15(2)28)31-23-26-25-22(32-23)24-13-16-4-7-19(30-3)8-5-16/h4-9,12,14H,10-11,13H2,1-3H3,(H,24,25). The molecule has 0 radical (unpaired) electrons. The summed E-state index contributed by atoms with van der Waals surface area (Å²) in [6.45, 7) is 4.75. The number of carbonyl (C=O) groups is 2. The Labute approximate surface area is 195 Å². The number of hydrogen-bond acceptors (Lipinski definition) is 8. The molecule has 0 bridgehead atoms. The number of methoxy groups -OCH3 is 1. The second-order valence-electron chi connectivity index (χ2n) is 7.46. The number of anilines is 2. The first-order chi connectivity index (χ1) is 15.4. The lowest BCUT2D eigenvalue weighted by Gasteiger charge is -2.15. The summed E-state index contributed by atoms with van der Waals surface area (Å²) in [5, 5.41) is 12.1. The molecule has 1 atom stereocenters. The number of aromatic nitrogens is 2. The molecule has 1 unspecified atom stereocenters. The van der Waals surface area contributed by atoms with Crippen LogP contribution in [0.2, 0.25) is 0 Å². The molecule has 1 aliphatic rings. The van der Waals surface area contributed by atoms with Gasteiger partial charge in [-0.1, -0.05) is 35.2 Å². The smallest absolute Gasteiger partial charge is 0.223 e. The van der Waals surface area contributed by atoms with Gasteiger partial charge in [0.15, 0.2) is 10.1 Å². The Morgan fingerprint density at radius 1 is 1.22 bits per heavy atom. The number of nitrogens with one attached hydrogen (secondary N) is 1. The van der Waals surface area contributed by atoms with E-state index in [9.17, 15) is 9.59 Å². The van der Waals surface area contributed by atoms with Gasteiger partial charge in [-0.25, -0.2) is 0 Å². The minimum atomic E-state index is -0.291. The van der Waals surface area contributed by atoms with Gasteiger partial charge >= 0.3 is 0 Å². The Balaban J connectivity index is 1.35. The molecule has 4 rings (SSSR count). The van der Waals surface area contributed by atoms with Crippen molar-refractivity contribution in [1.82, 2.24) is 10.2 Å². The van der Waals surface area contributed by atoms with E-state index in [0.717, 1.165) is 33.3 Å². The van der Waals surface area contributed by atoms with Gasteiger partial charge in [-0.2, -0.15) is 0 Å². The second-order valence-corrected chi connectivity index (χ2v) is 10.0. The summed E-state index contributed by atoms with van der Waals surface area (Å²) in [6.07, 6.45) is 0.775. The third kappa shape index (κ3) is 4.94. The van der Waals surface area contributed by atoms with E-state index in [1.807, 2.05) is 43.3 Å². The van der Waals surface area contributed by atoms with Crippen LogP contribution in [0.4, 0.5) is 10.8 Å². The van der Waals surface area contributed by atoms with Crippen LogP contribution < -0.4 is 15.0 Å². The molecule has 9 heteroatoms. The first kappa shape index (κ1) is 22.3. The molecule has 7 nitrogen and oxygen atoms in total. The lowest BCUT2D eigenvalue weighted by Crippen LogP contribution is -2.25. The fourth-order valence-electron chi connectivity index (χ4n) is 3.57. The van der Waals surface area contributed by atoms with Gasteiger partial charge in [0.1, 0.15) is 5.75 Å². The summed E-state index contributed by atoms with van der Waals surface area (Å²) >= 11 is 2.84. The fraction of sp³-hybridized carbons (Fsp3) is 0.304. The zero-order valence-corrected chi connectivity index (χ0v) is 19.8. The van der Waals surface area contributed by atoms with Gasteiger partial charge in [0, 0.05) is 31.3 Å². The molecule has 0 saturated heterocycles. The molecule has 0 aliphatic carbocycles. The maximum atomic E-state index is 13.0. The van der Waals surface area contributed by atoms with Gasteiger partial charge in [0.2, 0.25) is 11.0 Å². The van der Waals surface area contributed by atoms with Crippen LogP contribution in [-0.4, -0.2) is 40.8 Å². The normalized spacial score (nSPS) is 13.5. The van der Waals surface area contributed by atoms with Crippen molar-refractivity contribution in [2.45, 2.75) is 36.4 Å². The maximum absolute atomic E-state index is 13.0. The molecule has 166 valence electrons. The highest BCUT2D eigenvalue weighted by Gasteiger charge is 2.25. The zero-order chi connectivity index (χ0) is 22.7. The fourth-order valence-corrected chi connectivity index (χ4v) is 5.54. The average Bonchev–Trinajstić information content (AvgIpc) is 3.43. The minimum Gasteiger partial charge on any atom is -0.497 e. The zero-order valence-electron chi connectivity index (χ0n) is 18.1. The third-order valence-corrected chi connectivity index (χ3v) is 7.36. The molecule has 0 spiro atoms. The van der Waals surface area contributed by atoms with Gasteiger partial charge < -0.3 is 15.0 Å². The molecule has 0 fully saturated rings. The number of amides is 1. The molecule has 1 amide bonds. The number of carbonyl (C=O) groups excluding carboxylic acids is 2. The van der Waals surface area contributed by atoms with Gasteiger partial charge in [-0.05, 0) is 54.8 Å². The Bertz CT molecular complexity index is 1130. The molecule has 1 N–H and O–H groups in total. The van der Waals surface area contributed by atoms with Crippen LogP contribution in [-0.2, 0) is 17.8 Å². The molecule has 1 aliphatic heterocycles. The maximum Gasteiger partial charge on any atom is 0.223 e. The van der Waals surface area contributed by atoms with Crippen LogP contribution in [0.3, 0.4) is 0 Å². The number of hydrogen-bond donors (Lipinski definition) is 1. The average molecular weight is 469 g/mol. The Kier molecular flexibility index (Phi) is 6.76. The van der Waals surface area contributed by atoms with Crippen LogP contribution in [0.15, 0.2) is 46.8 Å². The number of fused-ring (bicyclic) bond motifs is 1. The van der Waals surface area contributed by atoms with Crippen molar-refractivity contribution in [2.24, 2.45) is 0 Å². The highest BCUT2D eigenvalue weighted by atomic mass is 32.2. The number of ether oxygens (including phenoxy) is 1. The summed E-state index contributed by atoms with van der Waals surface area (Å²) < 4.78 is 5.92. The number of ketones is 1. The molecule has 0 saturated carbocycles. The molecule has 1 aromatic heterocycles. The number of rotatable bonds is 8. The van der Waals surface area contributed by atoms with E-state index in [2.05, 4.69) is 15.5 Å². The number of benzene rings is 2. The van der Waals surface area contributed by atoms with Gasteiger partial charge in [-0.15, -0.1) is 10.2 Å². The monoisotopic (exact) mass is 468 g/mol. The van der Waals surface area contributed by atoms with E-state index in [4.69, 9.17) is 4.74 Å². The molecule has 2 heterocycles. The number of nitrogens with zero attached hydrogens (tertiary/aromatic N) is 3. The lowest BCUT2D eigenvalue weighted by atomic mass is 10.0. The topological polar surface area (TPSA) is 84.4 Å². The molecular formula is C23H24N4O3S2. The summed E-state index contributed by atoms with van der Waals surface area (Å²) in [5.74, 6) is 0.892. The van der Waals surface area contributed by atoms with Gasteiger partial charge in [-0.3, -0.25) is 9.59 Å². The Morgan fingerprint density at radius 2 is 2.00 bits per heavy atom. The predicted octanol–water partition coefficient (Wildman–Crippen LogP) is 4.43. The van der Waals surface area contributed by atoms with Crippen LogP contribution in [0.25, 0.3) is 0 Å². The molecular weight excluding hydrogens is 444 g/mol. The van der Waals surface area contributed by atoms with E-state index in [1.54, 1.807) is 25.0 Å². The summed E-state index contributed by atoms with van der Waals surface area (Å²) in [4.78, 5) is 26.4. The van der Waals surface area contributed by atoms with Crippen molar-refractivity contribution in [2.75, 3.05) is 23.9 Å². The molecule has 2 aromatic carbocycles. The minimum absolute atomic E-state index is 0.0272. The van der Waals surface area contributed by atoms with Crippen LogP contribution >= 0.6 is 23.1 Å². The molecule has 3 aromatic rings. The first-order valence-corrected chi connectivity index (χ1v) is 12.0. The third-order valence-electron chi connectivity index (χ3n) is 5.30. The second kappa shape index (κ2) is 9.70. The van der Waals surface area contributed by atoms with Gasteiger partial charge in [0.05, 0.1) is 12.4 Å². The number of Topliss-reactive ketones (excluding diaryl/α,β-unsaturated/α-hetero) is 1. The highest BCUT2D eigenvalue weighted by Crippen LogP contribution is 2.33. The SMILES string of the molecule is COc1ccc(CNc2nnc(SC(C)C(=O)c3ccc4c(c3)CCN4C(C)=O)s2)cc1. The van der Waals surface area contributed by atoms with Crippen LogP contribution in [0.5, 0.6) is 5.75 Å².